The van der Waals surface area contributed by atoms with Crippen LogP contribution >= 0.6 is 23.1 Å². The Hall–Kier alpha value is -1.27. The van der Waals surface area contributed by atoms with Gasteiger partial charge in [-0.05, 0) is 30.9 Å². The molecule has 1 atom stereocenters. The highest BCUT2D eigenvalue weighted by Crippen LogP contribution is 2.34. The Bertz CT molecular complexity index is 522. The number of amides is 1. The first-order chi connectivity index (χ1) is 9.00. The summed E-state index contributed by atoms with van der Waals surface area (Å²) in [5.41, 5.74) is 1.70. The summed E-state index contributed by atoms with van der Waals surface area (Å²) in [4.78, 5) is 25.8. The number of carbonyl (C=O) groups is 2. The van der Waals surface area contributed by atoms with Crippen molar-refractivity contribution < 1.29 is 14.7 Å². The number of carbonyl (C=O) groups excluding carboxylic acids is 1. The SMILES string of the molecule is CC1=C(C)C(SCC(=O)O)N(Cc2cccs2)C1=O. The lowest BCUT2D eigenvalue weighted by Crippen LogP contribution is -2.33. The van der Waals surface area contributed by atoms with Crippen molar-refractivity contribution in [3.05, 3.63) is 33.5 Å². The molecule has 0 aliphatic carbocycles. The fraction of sp³-hybridized carbons (Fsp3) is 0.385. The quantitative estimate of drug-likeness (QED) is 0.907. The van der Waals surface area contributed by atoms with E-state index in [0.717, 1.165) is 16.0 Å². The van der Waals surface area contributed by atoms with Gasteiger partial charge in [-0.25, -0.2) is 0 Å². The molecule has 2 heterocycles. The normalized spacial score (nSPS) is 19.4. The Morgan fingerprint density at radius 2 is 2.26 bits per heavy atom. The summed E-state index contributed by atoms with van der Waals surface area (Å²) in [6.07, 6.45) is 0. The van der Waals surface area contributed by atoms with E-state index in [4.69, 9.17) is 5.11 Å². The molecule has 1 aliphatic rings. The van der Waals surface area contributed by atoms with Crippen LogP contribution in [0.3, 0.4) is 0 Å². The minimum Gasteiger partial charge on any atom is -0.481 e. The Labute approximate surface area is 120 Å². The zero-order valence-electron chi connectivity index (χ0n) is 10.8. The molecule has 0 radical (unpaired) electrons. The molecule has 4 nitrogen and oxygen atoms in total. The third-order valence-electron chi connectivity index (χ3n) is 3.10. The van der Waals surface area contributed by atoms with Crippen LogP contribution in [0.25, 0.3) is 0 Å². The van der Waals surface area contributed by atoms with E-state index in [1.807, 2.05) is 24.4 Å². The highest BCUT2D eigenvalue weighted by atomic mass is 32.2. The van der Waals surface area contributed by atoms with Crippen LogP contribution in [-0.4, -0.2) is 33.0 Å². The predicted molar refractivity (Wildman–Crippen MR) is 77.1 cm³/mol. The van der Waals surface area contributed by atoms with Crippen molar-refractivity contribution in [1.82, 2.24) is 4.90 Å². The van der Waals surface area contributed by atoms with Crippen molar-refractivity contribution in [3.63, 3.8) is 0 Å². The molecule has 0 fully saturated rings. The van der Waals surface area contributed by atoms with Gasteiger partial charge in [0.15, 0.2) is 0 Å². The molecule has 2 rings (SSSR count). The Balaban J connectivity index is 2.15. The van der Waals surface area contributed by atoms with Crippen LogP contribution in [-0.2, 0) is 16.1 Å². The molecule has 0 bridgehead atoms. The smallest absolute Gasteiger partial charge is 0.313 e. The highest BCUT2D eigenvalue weighted by molar-refractivity contribution is 8.00. The van der Waals surface area contributed by atoms with E-state index < -0.39 is 5.97 Å². The van der Waals surface area contributed by atoms with Gasteiger partial charge < -0.3 is 10.0 Å². The molecule has 6 heteroatoms. The first-order valence-electron chi connectivity index (χ1n) is 5.85. The minimum atomic E-state index is -0.856. The summed E-state index contributed by atoms with van der Waals surface area (Å²) in [6.45, 7) is 4.25. The molecule has 1 aromatic rings. The first kappa shape index (κ1) is 14.1. The molecule has 102 valence electrons. The summed E-state index contributed by atoms with van der Waals surface area (Å²) >= 11 is 2.89. The lowest BCUT2D eigenvalue weighted by molar-refractivity contribution is -0.134. The molecule has 0 aromatic carbocycles. The van der Waals surface area contributed by atoms with E-state index in [1.165, 1.54) is 11.8 Å². The van der Waals surface area contributed by atoms with Crippen molar-refractivity contribution in [3.8, 4) is 0 Å². The molecule has 0 saturated carbocycles. The monoisotopic (exact) mass is 297 g/mol. The van der Waals surface area contributed by atoms with Gasteiger partial charge in [0.05, 0.1) is 12.3 Å². The molecule has 0 spiro atoms. The van der Waals surface area contributed by atoms with Gasteiger partial charge in [0, 0.05) is 10.5 Å². The van der Waals surface area contributed by atoms with Gasteiger partial charge in [-0.1, -0.05) is 6.07 Å². The lowest BCUT2D eigenvalue weighted by atomic mass is 10.2. The van der Waals surface area contributed by atoms with Crippen LogP contribution < -0.4 is 0 Å². The molecular weight excluding hydrogens is 282 g/mol. The van der Waals surface area contributed by atoms with Gasteiger partial charge in [-0.2, -0.15) is 0 Å². The molecule has 1 aliphatic heterocycles. The molecule has 1 amide bonds. The second kappa shape index (κ2) is 5.79. The maximum atomic E-state index is 12.2. The van der Waals surface area contributed by atoms with Crippen LogP contribution in [0.15, 0.2) is 28.7 Å². The number of rotatable bonds is 5. The Morgan fingerprint density at radius 1 is 1.53 bits per heavy atom. The zero-order chi connectivity index (χ0) is 14.0. The average Bonchev–Trinajstić information content (AvgIpc) is 2.93. The predicted octanol–water partition coefficient (Wildman–Crippen LogP) is 2.57. The van der Waals surface area contributed by atoms with Crippen molar-refractivity contribution in [2.24, 2.45) is 0 Å². The summed E-state index contributed by atoms with van der Waals surface area (Å²) in [6, 6.07) is 3.94. The van der Waals surface area contributed by atoms with Crippen molar-refractivity contribution >= 4 is 35.0 Å². The third-order valence-corrected chi connectivity index (χ3v) is 5.30. The molecule has 19 heavy (non-hydrogen) atoms. The van der Waals surface area contributed by atoms with Crippen LogP contribution in [0, 0.1) is 0 Å². The number of thiophene rings is 1. The minimum absolute atomic E-state index is 0.00348. The van der Waals surface area contributed by atoms with E-state index in [1.54, 1.807) is 23.2 Å². The van der Waals surface area contributed by atoms with Crippen molar-refractivity contribution in [2.75, 3.05) is 5.75 Å². The van der Waals surface area contributed by atoms with Crippen LogP contribution in [0.5, 0.6) is 0 Å². The fourth-order valence-corrected chi connectivity index (χ4v) is 3.78. The third kappa shape index (κ3) is 3.01. The maximum Gasteiger partial charge on any atom is 0.313 e. The van der Waals surface area contributed by atoms with Crippen LogP contribution in [0.1, 0.15) is 18.7 Å². The number of nitrogens with zero attached hydrogens (tertiary/aromatic N) is 1. The van der Waals surface area contributed by atoms with E-state index >= 15 is 0 Å². The Kier molecular flexibility index (Phi) is 4.31. The van der Waals surface area contributed by atoms with E-state index in [0.29, 0.717) is 6.54 Å². The second-order valence-electron chi connectivity index (χ2n) is 4.38. The van der Waals surface area contributed by atoms with Gasteiger partial charge in [0.2, 0.25) is 0 Å². The van der Waals surface area contributed by atoms with E-state index in [2.05, 4.69) is 0 Å². The standard InChI is InChI=1S/C13H15NO3S2/c1-8-9(2)13(19-7-11(15)16)14(12(8)17)6-10-4-3-5-18-10/h3-5,13H,6-7H2,1-2H3,(H,15,16). The van der Waals surface area contributed by atoms with Crippen LogP contribution in [0.4, 0.5) is 0 Å². The highest BCUT2D eigenvalue weighted by Gasteiger charge is 2.35. The molecule has 0 saturated heterocycles. The molecule has 1 unspecified atom stereocenters. The summed E-state index contributed by atoms with van der Waals surface area (Å²) < 4.78 is 0. The summed E-state index contributed by atoms with van der Waals surface area (Å²) in [5.74, 6) is -0.844. The Morgan fingerprint density at radius 3 is 2.84 bits per heavy atom. The topological polar surface area (TPSA) is 57.6 Å². The first-order valence-corrected chi connectivity index (χ1v) is 7.77. The van der Waals surface area contributed by atoms with Gasteiger partial charge in [-0.3, -0.25) is 9.59 Å². The van der Waals surface area contributed by atoms with Gasteiger partial charge in [0.1, 0.15) is 5.37 Å². The van der Waals surface area contributed by atoms with Crippen LogP contribution in [0.2, 0.25) is 0 Å². The molecular formula is C13H15NO3S2. The summed E-state index contributed by atoms with van der Waals surface area (Å²) in [7, 11) is 0. The van der Waals surface area contributed by atoms with E-state index in [9.17, 15) is 9.59 Å². The largest absolute Gasteiger partial charge is 0.481 e. The van der Waals surface area contributed by atoms with Crippen molar-refractivity contribution in [2.45, 2.75) is 25.8 Å². The number of thioether (sulfide) groups is 1. The molecule has 1 aromatic heterocycles. The summed E-state index contributed by atoms with van der Waals surface area (Å²) in [5, 5.41) is 10.6. The number of hydrogen-bond acceptors (Lipinski definition) is 4. The second-order valence-corrected chi connectivity index (χ2v) is 6.48. The number of hydrogen-bond donors (Lipinski definition) is 1. The number of carboxylic acid groups (broad SMARTS) is 1. The number of aliphatic carboxylic acids is 1. The van der Waals surface area contributed by atoms with Gasteiger partial charge in [0.25, 0.3) is 5.91 Å². The maximum absolute atomic E-state index is 12.2. The van der Waals surface area contributed by atoms with E-state index in [-0.39, 0.29) is 17.0 Å². The lowest BCUT2D eigenvalue weighted by Gasteiger charge is -2.25. The van der Waals surface area contributed by atoms with Gasteiger partial charge in [-0.15, -0.1) is 23.1 Å². The number of carboxylic acids is 1. The van der Waals surface area contributed by atoms with Gasteiger partial charge >= 0.3 is 5.97 Å². The molecule has 1 N–H and O–H groups in total. The average molecular weight is 297 g/mol. The van der Waals surface area contributed by atoms with Crippen molar-refractivity contribution in [1.29, 1.82) is 0 Å². The zero-order valence-corrected chi connectivity index (χ0v) is 12.4. The fourth-order valence-electron chi connectivity index (χ4n) is 2.00.